The van der Waals surface area contributed by atoms with Crippen LogP contribution in [0.25, 0.3) is 6.08 Å². The average Bonchev–Trinajstić information content (AvgIpc) is 2.71. The van der Waals surface area contributed by atoms with Crippen molar-refractivity contribution in [1.29, 1.82) is 0 Å². The third-order valence-electron chi connectivity index (χ3n) is 3.67. The van der Waals surface area contributed by atoms with Gasteiger partial charge in [0.05, 0.1) is 5.69 Å². The summed E-state index contributed by atoms with van der Waals surface area (Å²) in [5, 5.41) is 5.21. The molecule has 0 aromatic heterocycles. The lowest BCUT2D eigenvalue weighted by Crippen LogP contribution is -2.39. The fraction of sp³-hybridized carbons (Fsp3) is 0.190. The molecule has 2 N–H and O–H groups in total. The molecule has 0 saturated carbocycles. The van der Waals surface area contributed by atoms with Gasteiger partial charge in [-0.3, -0.25) is 9.59 Å². The van der Waals surface area contributed by atoms with Gasteiger partial charge in [0.15, 0.2) is 6.61 Å². The van der Waals surface area contributed by atoms with E-state index in [1.54, 1.807) is 12.1 Å². The highest BCUT2D eigenvalue weighted by atomic mass is 32.2. The molecule has 0 aliphatic heterocycles. The number of carbonyl (C=O) groups excluding carboxylic acids is 3. The van der Waals surface area contributed by atoms with Crippen LogP contribution in [0.3, 0.4) is 0 Å². The number of carbonyl (C=O) groups is 3. The quantitative estimate of drug-likeness (QED) is 0.405. The van der Waals surface area contributed by atoms with Gasteiger partial charge < -0.3 is 15.4 Å². The molecule has 0 unspecified atom stereocenters. The highest BCUT2D eigenvalue weighted by Crippen LogP contribution is 2.24. The van der Waals surface area contributed by atoms with Crippen LogP contribution in [0.15, 0.2) is 65.6 Å². The van der Waals surface area contributed by atoms with E-state index in [-0.39, 0.29) is 0 Å². The predicted molar refractivity (Wildman–Crippen MR) is 111 cm³/mol. The molecule has 0 radical (unpaired) electrons. The van der Waals surface area contributed by atoms with Crippen molar-refractivity contribution in [2.75, 3.05) is 18.2 Å². The molecule has 2 aromatic carbocycles. The van der Waals surface area contributed by atoms with Crippen LogP contribution in [0, 0.1) is 0 Å². The molecule has 2 aromatic rings. The second-order valence-corrected chi connectivity index (χ2v) is 6.68. The zero-order chi connectivity index (χ0) is 20.4. The van der Waals surface area contributed by atoms with E-state index in [1.807, 2.05) is 54.8 Å². The van der Waals surface area contributed by atoms with Crippen molar-refractivity contribution in [3.8, 4) is 0 Å². The Morgan fingerprint density at radius 3 is 2.46 bits per heavy atom. The lowest BCUT2D eigenvalue weighted by molar-refractivity contribution is -0.149. The third-order valence-corrected chi connectivity index (χ3v) is 4.46. The van der Waals surface area contributed by atoms with Crippen LogP contribution < -0.4 is 10.6 Å². The van der Waals surface area contributed by atoms with E-state index in [0.717, 1.165) is 10.5 Å². The van der Waals surface area contributed by atoms with Crippen molar-refractivity contribution in [3.63, 3.8) is 0 Å². The fourth-order valence-corrected chi connectivity index (χ4v) is 2.81. The van der Waals surface area contributed by atoms with Crippen LogP contribution in [0.2, 0.25) is 0 Å². The molecule has 0 fully saturated rings. The van der Waals surface area contributed by atoms with E-state index in [2.05, 4.69) is 10.6 Å². The molecule has 28 heavy (non-hydrogen) atoms. The SMILES string of the molecule is CSc1ccccc1NC(=O)COC(=O)[C@H](C)NC(=O)/C=C/c1ccccc1. The van der Waals surface area contributed by atoms with Gasteiger partial charge in [0, 0.05) is 11.0 Å². The van der Waals surface area contributed by atoms with Crippen LogP contribution in [0.5, 0.6) is 0 Å². The van der Waals surface area contributed by atoms with Gasteiger partial charge in [0.25, 0.3) is 5.91 Å². The number of hydrogen-bond donors (Lipinski definition) is 2. The van der Waals surface area contributed by atoms with Gasteiger partial charge in [-0.15, -0.1) is 11.8 Å². The maximum Gasteiger partial charge on any atom is 0.328 e. The average molecular weight is 398 g/mol. The molecule has 0 aliphatic rings. The maximum atomic E-state index is 12.0. The summed E-state index contributed by atoms with van der Waals surface area (Å²) in [6.07, 6.45) is 4.89. The number of para-hydroxylation sites is 1. The molecule has 0 heterocycles. The van der Waals surface area contributed by atoms with E-state index in [1.165, 1.54) is 24.8 Å². The van der Waals surface area contributed by atoms with Crippen molar-refractivity contribution in [3.05, 3.63) is 66.2 Å². The highest BCUT2D eigenvalue weighted by molar-refractivity contribution is 7.98. The second-order valence-electron chi connectivity index (χ2n) is 5.83. The predicted octanol–water partition coefficient (Wildman–Crippen LogP) is 3.11. The summed E-state index contributed by atoms with van der Waals surface area (Å²) >= 11 is 1.50. The number of benzene rings is 2. The number of rotatable bonds is 8. The van der Waals surface area contributed by atoms with Crippen molar-refractivity contribution in [2.45, 2.75) is 17.9 Å². The minimum atomic E-state index is -0.876. The van der Waals surface area contributed by atoms with E-state index in [9.17, 15) is 14.4 Å². The molecule has 2 rings (SSSR count). The summed E-state index contributed by atoms with van der Waals surface area (Å²) in [7, 11) is 0. The summed E-state index contributed by atoms with van der Waals surface area (Å²) in [6, 6.07) is 15.8. The fourth-order valence-electron chi connectivity index (χ4n) is 2.25. The Labute approximate surface area is 168 Å². The summed E-state index contributed by atoms with van der Waals surface area (Å²) in [5.74, 6) is -1.56. The van der Waals surface area contributed by atoms with Gasteiger partial charge in [0.1, 0.15) is 6.04 Å². The van der Waals surface area contributed by atoms with Crippen LogP contribution in [-0.2, 0) is 19.1 Å². The number of nitrogens with one attached hydrogen (secondary N) is 2. The zero-order valence-corrected chi connectivity index (χ0v) is 16.5. The number of hydrogen-bond acceptors (Lipinski definition) is 5. The molecule has 0 bridgehead atoms. The Bertz CT molecular complexity index is 852. The summed E-state index contributed by atoms with van der Waals surface area (Å²) in [5.41, 5.74) is 1.53. The minimum absolute atomic E-state index is 0.424. The van der Waals surface area contributed by atoms with Gasteiger partial charge in [-0.05, 0) is 37.0 Å². The number of esters is 1. The van der Waals surface area contributed by atoms with Gasteiger partial charge in [-0.25, -0.2) is 4.79 Å². The smallest absolute Gasteiger partial charge is 0.328 e. The molecule has 1 atom stereocenters. The van der Waals surface area contributed by atoms with Crippen molar-refractivity contribution < 1.29 is 19.1 Å². The largest absolute Gasteiger partial charge is 0.454 e. The minimum Gasteiger partial charge on any atom is -0.454 e. The first kappa shape index (κ1) is 21.2. The Kier molecular flexibility index (Phi) is 8.30. The molecule has 6 nitrogen and oxygen atoms in total. The lowest BCUT2D eigenvalue weighted by atomic mass is 10.2. The van der Waals surface area contributed by atoms with Gasteiger partial charge in [-0.2, -0.15) is 0 Å². The van der Waals surface area contributed by atoms with Gasteiger partial charge in [-0.1, -0.05) is 42.5 Å². The maximum absolute atomic E-state index is 12.0. The summed E-state index contributed by atoms with van der Waals surface area (Å²) in [6.45, 7) is 1.07. The summed E-state index contributed by atoms with van der Waals surface area (Å²) < 4.78 is 4.98. The first-order valence-electron chi connectivity index (χ1n) is 8.62. The van der Waals surface area contributed by atoms with E-state index in [0.29, 0.717) is 5.69 Å². The molecule has 146 valence electrons. The third kappa shape index (κ3) is 6.92. The van der Waals surface area contributed by atoms with Crippen LogP contribution in [0.4, 0.5) is 5.69 Å². The number of thioether (sulfide) groups is 1. The monoisotopic (exact) mass is 398 g/mol. The molecule has 0 aliphatic carbocycles. The van der Waals surface area contributed by atoms with E-state index in [4.69, 9.17) is 4.74 Å². The first-order chi connectivity index (χ1) is 13.5. The highest BCUT2D eigenvalue weighted by Gasteiger charge is 2.17. The molecule has 7 heteroatoms. The Morgan fingerprint density at radius 2 is 1.75 bits per heavy atom. The second kappa shape index (κ2) is 10.9. The molecule has 0 saturated heterocycles. The normalized spacial score (nSPS) is 11.6. The van der Waals surface area contributed by atoms with Crippen LogP contribution in [-0.4, -0.2) is 36.7 Å². The first-order valence-corrected chi connectivity index (χ1v) is 9.85. The van der Waals surface area contributed by atoms with Crippen LogP contribution >= 0.6 is 11.8 Å². The van der Waals surface area contributed by atoms with Crippen LogP contribution in [0.1, 0.15) is 12.5 Å². The lowest BCUT2D eigenvalue weighted by Gasteiger charge is -2.13. The molecular formula is C21H22N2O4S. The molecule has 2 amide bonds. The van der Waals surface area contributed by atoms with E-state index < -0.39 is 30.4 Å². The van der Waals surface area contributed by atoms with Crippen molar-refractivity contribution in [1.82, 2.24) is 5.32 Å². The van der Waals surface area contributed by atoms with Gasteiger partial charge in [0.2, 0.25) is 5.91 Å². The number of anilines is 1. The number of amides is 2. The van der Waals surface area contributed by atoms with Crippen molar-refractivity contribution >= 4 is 41.3 Å². The molecule has 0 spiro atoms. The van der Waals surface area contributed by atoms with Crippen molar-refractivity contribution in [2.24, 2.45) is 0 Å². The Morgan fingerprint density at radius 1 is 1.07 bits per heavy atom. The topological polar surface area (TPSA) is 84.5 Å². The Balaban J connectivity index is 1.78. The molecular weight excluding hydrogens is 376 g/mol. The van der Waals surface area contributed by atoms with Gasteiger partial charge >= 0.3 is 5.97 Å². The van der Waals surface area contributed by atoms with E-state index >= 15 is 0 Å². The summed E-state index contributed by atoms with van der Waals surface area (Å²) in [4.78, 5) is 36.8. The Hall–Kier alpha value is -3.06. The zero-order valence-electron chi connectivity index (χ0n) is 15.7. The number of ether oxygens (including phenoxy) is 1. The standard InChI is InChI=1S/C21H22N2O4S/c1-15(22-19(24)13-12-16-8-4-3-5-9-16)21(26)27-14-20(25)23-17-10-6-7-11-18(17)28-2/h3-13,15H,14H2,1-2H3,(H,22,24)(H,23,25)/b13-12+/t15-/m0/s1.